The first kappa shape index (κ1) is 19.2. The number of amides is 1. The summed E-state index contributed by atoms with van der Waals surface area (Å²) in [5.74, 6) is -0.307. The van der Waals surface area contributed by atoms with Gasteiger partial charge in [0.15, 0.2) is 0 Å². The van der Waals surface area contributed by atoms with Crippen molar-refractivity contribution in [2.24, 2.45) is 0 Å². The summed E-state index contributed by atoms with van der Waals surface area (Å²) in [6.45, 7) is 0.327. The van der Waals surface area contributed by atoms with Crippen molar-refractivity contribution in [1.82, 2.24) is 4.31 Å². The van der Waals surface area contributed by atoms with Gasteiger partial charge in [-0.05, 0) is 61.6 Å². The van der Waals surface area contributed by atoms with Crippen molar-refractivity contribution < 1.29 is 13.2 Å². The number of nitrogens with zero attached hydrogens (tertiary/aromatic N) is 1. The molecule has 0 aromatic heterocycles. The number of rotatable bonds is 5. The summed E-state index contributed by atoms with van der Waals surface area (Å²) in [5, 5.41) is 3.31. The summed E-state index contributed by atoms with van der Waals surface area (Å²) < 4.78 is 27.1. The minimum absolute atomic E-state index is 0.144. The van der Waals surface area contributed by atoms with Gasteiger partial charge in [-0.25, -0.2) is 8.42 Å². The highest BCUT2D eigenvalue weighted by Crippen LogP contribution is 2.28. The van der Waals surface area contributed by atoms with Gasteiger partial charge in [0.2, 0.25) is 15.9 Å². The number of carbonyl (C=O) groups is 1. The molecule has 138 valence electrons. The molecule has 8 heteroatoms. The molecule has 2 aromatic rings. The van der Waals surface area contributed by atoms with Crippen LogP contribution in [0.3, 0.4) is 0 Å². The minimum Gasteiger partial charge on any atom is -0.325 e. The summed E-state index contributed by atoms with van der Waals surface area (Å²) in [5.41, 5.74) is 0.664. The molecular formula is C18H19ClN2O3S2. The van der Waals surface area contributed by atoms with Crippen molar-refractivity contribution in [2.75, 3.05) is 18.1 Å². The van der Waals surface area contributed by atoms with E-state index in [0.717, 1.165) is 4.90 Å². The molecule has 0 aliphatic carbocycles. The Hall–Kier alpha value is -1.54. The molecule has 1 aliphatic rings. The largest absolute Gasteiger partial charge is 0.325 e. The van der Waals surface area contributed by atoms with Gasteiger partial charge in [-0.3, -0.25) is 4.79 Å². The van der Waals surface area contributed by atoms with Crippen LogP contribution < -0.4 is 5.32 Å². The van der Waals surface area contributed by atoms with E-state index in [2.05, 4.69) is 5.32 Å². The first-order valence-electron chi connectivity index (χ1n) is 8.14. The van der Waals surface area contributed by atoms with Crippen LogP contribution in [0.15, 0.2) is 58.3 Å². The van der Waals surface area contributed by atoms with Gasteiger partial charge < -0.3 is 5.32 Å². The van der Waals surface area contributed by atoms with Crippen molar-refractivity contribution in [1.29, 1.82) is 0 Å². The molecule has 2 aromatic carbocycles. The van der Waals surface area contributed by atoms with Gasteiger partial charge in [0.25, 0.3) is 0 Å². The number of hydrogen-bond acceptors (Lipinski definition) is 4. The average Bonchev–Trinajstić information content (AvgIpc) is 3.13. The zero-order chi connectivity index (χ0) is 18.7. The van der Waals surface area contributed by atoms with Gasteiger partial charge in [-0.15, -0.1) is 11.8 Å². The molecule has 5 nitrogen and oxygen atoms in total. The lowest BCUT2D eigenvalue weighted by molar-refractivity contribution is -0.119. The number of anilines is 1. The second-order valence-electron chi connectivity index (χ2n) is 5.95. The van der Waals surface area contributed by atoms with E-state index in [1.165, 1.54) is 28.6 Å². The van der Waals surface area contributed by atoms with Crippen molar-refractivity contribution in [2.45, 2.75) is 28.7 Å². The molecule has 0 radical (unpaired) electrons. The maximum Gasteiger partial charge on any atom is 0.243 e. The van der Waals surface area contributed by atoms with Gasteiger partial charge in [0.05, 0.1) is 4.90 Å². The third-order valence-corrected chi connectivity index (χ3v) is 7.16. The topological polar surface area (TPSA) is 66.5 Å². The molecule has 3 rings (SSSR count). The van der Waals surface area contributed by atoms with Crippen LogP contribution in [0.2, 0.25) is 5.02 Å². The summed E-state index contributed by atoms with van der Waals surface area (Å²) in [6, 6.07) is 12.8. The van der Waals surface area contributed by atoms with E-state index in [9.17, 15) is 13.2 Å². The standard InChI is InChI=1S/C18H19ClN2O3S2/c1-25-15-5-2-4-14(12-15)20-18(22)17-6-3-11-21(17)26(23,24)16-9-7-13(19)8-10-16/h2,4-5,7-10,12,17H,3,6,11H2,1H3,(H,20,22)/t17-/m0/s1. The second kappa shape index (κ2) is 8.00. The average molecular weight is 411 g/mol. The first-order chi connectivity index (χ1) is 12.4. The molecule has 26 heavy (non-hydrogen) atoms. The molecule has 1 fully saturated rings. The predicted molar refractivity (Wildman–Crippen MR) is 105 cm³/mol. The van der Waals surface area contributed by atoms with Crippen LogP contribution in [0, 0.1) is 0 Å². The Balaban J connectivity index is 1.80. The Labute approximate surface area is 162 Å². The molecule has 1 atom stereocenters. The highest BCUT2D eigenvalue weighted by Gasteiger charge is 2.39. The molecule has 1 N–H and O–H groups in total. The maximum absolute atomic E-state index is 12.9. The Bertz CT molecular complexity index is 901. The fourth-order valence-corrected chi connectivity index (χ4v) is 5.20. The van der Waals surface area contributed by atoms with Crippen LogP contribution in [-0.4, -0.2) is 37.5 Å². The SMILES string of the molecule is CSc1cccc(NC(=O)[C@@H]2CCCN2S(=O)(=O)c2ccc(Cl)cc2)c1. The lowest BCUT2D eigenvalue weighted by atomic mass is 10.2. The van der Waals surface area contributed by atoms with E-state index in [1.54, 1.807) is 17.8 Å². The fourth-order valence-electron chi connectivity index (χ4n) is 2.96. The molecule has 1 heterocycles. The summed E-state index contributed by atoms with van der Waals surface area (Å²) >= 11 is 7.42. The molecule has 0 spiro atoms. The predicted octanol–water partition coefficient (Wildman–Crippen LogP) is 3.85. The van der Waals surface area contributed by atoms with Crippen LogP contribution >= 0.6 is 23.4 Å². The number of thioether (sulfide) groups is 1. The molecule has 1 amide bonds. The van der Waals surface area contributed by atoms with E-state index < -0.39 is 16.1 Å². The molecule has 0 bridgehead atoms. The molecular weight excluding hydrogens is 392 g/mol. The zero-order valence-corrected chi connectivity index (χ0v) is 16.6. The van der Waals surface area contributed by atoms with Crippen LogP contribution in [0.5, 0.6) is 0 Å². The Morgan fingerprint density at radius 3 is 2.65 bits per heavy atom. The number of sulfonamides is 1. The fraction of sp³-hybridized carbons (Fsp3) is 0.278. The Morgan fingerprint density at radius 1 is 1.23 bits per heavy atom. The van der Waals surface area contributed by atoms with Gasteiger partial charge >= 0.3 is 0 Å². The molecule has 1 saturated heterocycles. The van der Waals surface area contributed by atoms with E-state index in [1.807, 2.05) is 24.5 Å². The van der Waals surface area contributed by atoms with Crippen molar-refractivity contribution in [3.8, 4) is 0 Å². The maximum atomic E-state index is 12.9. The van der Waals surface area contributed by atoms with E-state index in [-0.39, 0.29) is 10.8 Å². The van der Waals surface area contributed by atoms with Crippen molar-refractivity contribution in [3.63, 3.8) is 0 Å². The third kappa shape index (κ3) is 4.06. The monoisotopic (exact) mass is 410 g/mol. The lowest BCUT2D eigenvalue weighted by Crippen LogP contribution is -2.43. The number of nitrogens with one attached hydrogen (secondary N) is 1. The van der Waals surface area contributed by atoms with Gasteiger partial charge in [-0.1, -0.05) is 17.7 Å². The molecule has 0 unspecified atom stereocenters. The first-order valence-corrected chi connectivity index (χ1v) is 11.2. The highest BCUT2D eigenvalue weighted by atomic mass is 35.5. The van der Waals surface area contributed by atoms with E-state index in [4.69, 9.17) is 11.6 Å². The third-order valence-electron chi connectivity index (χ3n) is 4.26. The van der Waals surface area contributed by atoms with Crippen molar-refractivity contribution in [3.05, 3.63) is 53.6 Å². The number of benzene rings is 2. The smallest absolute Gasteiger partial charge is 0.243 e. The van der Waals surface area contributed by atoms with Gasteiger partial charge in [0.1, 0.15) is 6.04 Å². The lowest BCUT2D eigenvalue weighted by Gasteiger charge is -2.23. The molecule has 0 saturated carbocycles. The van der Waals surface area contributed by atoms with E-state index in [0.29, 0.717) is 30.1 Å². The van der Waals surface area contributed by atoms with Crippen LogP contribution in [0.1, 0.15) is 12.8 Å². The second-order valence-corrected chi connectivity index (χ2v) is 9.16. The molecule has 1 aliphatic heterocycles. The van der Waals surface area contributed by atoms with Crippen LogP contribution in [-0.2, 0) is 14.8 Å². The summed E-state index contributed by atoms with van der Waals surface area (Å²) in [7, 11) is -3.75. The highest BCUT2D eigenvalue weighted by molar-refractivity contribution is 7.98. The minimum atomic E-state index is -3.75. The summed E-state index contributed by atoms with van der Waals surface area (Å²) in [4.78, 5) is 13.9. The summed E-state index contributed by atoms with van der Waals surface area (Å²) in [6.07, 6.45) is 3.11. The Kier molecular flexibility index (Phi) is 5.92. The van der Waals surface area contributed by atoms with Crippen LogP contribution in [0.25, 0.3) is 0 Å². The normalized spacial score (nSPS) is 18.0. The zero-order valence-electron chi connectivity index (χ0n) is 14.2. The van der Waals surface area contributed by atoms with Gasteiger partial charge in [-0.2, -0.15) is 4.31 Å². The number of hydrogen-bond donors (Lipinski definition) is 1. The van der Waals surface area contributed by atoms with Gasteiger partial charge in [0, 0.05) is 22.2 Å². The number of carbonyl (C=O) groups excluding carboxylic acids is 1. The van der Waals surface area contributed by atoms with E-state index >= 15 is 0 Å². The quantitative estimate of drug-likeness (QED) is 0.760. The Morgan fingerprint density at radius 2 is 1.96 bits per heavy atom. The number of halogens is 1. The van der Waals surface area contributed by atoms with Crippen LogP contribution in [0.4, 0.5) is 5.69 Å². The van der Waals surface area contributed by atoms with Crippen molar-refractivity contribution >= 4 is 45.0 Å².